The molecule has 3 N–H and O–H groups in total. The summed E-state index contributed by atoms with van der Waals surface area (Å²) in [6.45, 7) is 7.16. The van der Waals surface area contributed by atoms with Gasteiger partial charge in [-0.3, -0.25) is 0 Å². The second-order valence-corrected chi connectivity index (χ2v) is 5.40. The lowest BCUT2D eigenvalue weighted by atomic mass is 10.2. The van der Waals surface area contributed by atoms with Gasteiger partial charge in [0, 0.05) is 5.69 Å². The molecule has 1 aromatic carbocycles. The van der Waals surface area contributed by atoms with E-state index in [0.717, 1.165) is 43.5 Å². The highest BCUT2D eigenvalue weighted by Gasteiger charge is 2.21. The molecule has 0 unspecified atom stereocenters. The van der Waals surface area contributed by atoms with Crippen LogP contribution in [-0.4, -0.2) is 54.4 Å². The van der Waals surface area contributed by atoms with Crippen molar-refractivity contribution in [2.45, 2.75) is 6.92 Å². The average molecular weight is 280 g/mol. The molecule has 1 saturated heterocycles. The first-order valence-electron chi connectivity index (χ1n) is 6.76. The third-order valence-electron chi connectivity index (χ3n) is 3.49. The molecule has 1 aliphatic rings. The van der Waals surface area contributed by atoms with Gasteiger partial charge in [0.2, 0.25) is 0 Å². The van der Waals surface area contributed by atoms with E-state index in [2.05, 4.69) is 29.3 Å². The van der Waals surface area contributed by atoms with Crippen molar-refractivity contribution in [3.8, 4) is 0 Å². The Kier molecular flexibility index (Phi) is 5.13. The molecule has 5 heteroatoms. The highest BCUT2D eigenvalue weighted by atomic mass is 32.1. The second kappa shape index (κ2) is 6.84. The summed E-state index contributed by atoms with van der Waals surface area (Å²) in [7, 11) is 0. The Hall–Kier alpha value is -1.17. The quantitative estimate of drug-likeness (QED) is 0.676. The van der Waals surface area contributed by atoms with Crippen molar-refractivity contribution < 1.29 is 10.0 Å². The minimum atomic E-state index is 0.265. The molecule has 1 aromatic rings. The fourth-order valence-electron chi connectivity index (χ4n) is 2.36. The van der Waals surface area contributed by atoms with Crippen LogP contribution in [0.25, 0.3) is 0 Å². The molecule has 0 bridgehead atoms. The number of piperazine rings is 1. The lowest BCUT2D eigenvalue weighted by molar-refractivity contribution is -0.904. The number of aliphatic hydroxyl groups excluding tert-OH is 1. The molecule has 0 atom stereocenters. The average Bonchev–Trinajstić information content (AvgIpc) is 2.40. The summed E-state index contributed by atoms with van der Waals surface area (Å²) in [4.78, 5) is 3.66. The number of aliphatic hydroxyl groups is 1. The monoisotopic (exact) mass is 280 g/mol. The summed E-state index contributed by atoms with van der Waals surface area (Å²) in [6.07, 6.45) is 0. The highest BCUT2D eigenvalue weighted by Crippen LogP contribution is 2.10. The maximum absolute atomic E-state index is 8.94. The van der Waals surface area contributed by atoms with Gasteiger partial charge in [0.25, 0.3) is 0 Å². The third kappa shape index (κ3) is 4.16. The number of nitrogens with one attached hydrogen (secondary N) is 2. The number of aryl methyl sites for hydroxylation is 1. The van der Waals surface area contributed by atoms with Crippen LogP contribution >= 0.6 is 12.2 Å². The van der Waals surface area contributed by atoms with Crippen molar-refractivity contribution in [1.29, 1.82) is 0 Å². The van der Waals surface area contributed by atoms with Crippen molar-refractivity contribution in [2.75, 3.05) is 44.6 Å². The minimum Gasteiger partial charge on any atom is -0.391 e. The van der Waals surface area contributed by atoms with E-state index in [0.29, 0.717) is 0 Å². The molecular formula is C14H22N3OS+. The number of hydrogen-bond acceptors (Lipinski definition) is 2. The molecule has 0 radical (unpaired) electrons. The van der Waals surface area contributed by atoms with Crippen LogP contribution in [0.3, 0.4) is 0 Å². The van der Waals surface area contributed by atoms with Gasteiger partial charge in [0.05, 0.1) is 32.8 Å². The molecule has 1 fully saturated rings. The molecule has 19 heavy (non-hydrogen) atoms. The molecule has 0 aromatic heterocycles. The summed E-state index contributed by atoms with van der Waals surface area (Å²) < 4.78 is 0. The van der Waals surface area contributed by atoms with Crippen LogP contribution in [0.4, 0.5) is 5.69 Å². The fourth-order valence-corrected chi connectivity index (χ4v) is 2.66. The molecular weight excluding hydrogens is 258 g/mol. The van der Waals surface area contributed by atoms with Crippen molar-refractivity contribution in [1.82, 2.24) is 4.90 Å². The zero-order valence-electron chi connectivity index (χ0n) is 11.4. The van der Waals surface area contributed by atoms with E-state index < -0.39 is 0 Å². The van der Waals surface area contributed by atoms with Gasteiger partial charge in [0.1, 0.15) is 6.54 Å². The Balaban J connectivity index is 1.84. The van der Waals surface area contributed by atoms with Gasteiger partial charge in [-0.15, -0.1) is 0 Å². The van der Waals surface area contributed by atoms with E-state index in [1.54, 1.807) is 0 Å². The van der Waals surface area contributed by atoms with Crippen LogP contribution in [0.15, 0.2) is 24.3 Å². The topological polar surface area (TPSA) is 39.9 Å². The van der Waals surface area contributed by atoms with Crippen LogP contribution in [0.2, 0.25) is 0 Å². The number of hydrogen-bond donors (Lipinski definition) is 3. The van der Waals surface area contributed by atoms with Crippen molar-refractivity contribution >= 4 is 23.0 Å². The van der Waals surface area contributed by atoms with Crippen molar-refractivity contribution in [2.24, 2.45) is 0 Å². The zero-order valence-corrected chi connectivity index (χ0v) is 12.2. The summed E-state index contributed by atoms with van der Waals surface area (Å²) in [6, 6.07) is 8.24. The van der Waals surface area contributed by atoms with Gasteiger partial charge >= 0.3 is 0 Å². The highest BCUT2D eigenvalue weighted by molar-refractivity contribution is 7.80. The van der Waals surface area contributed by atoms with E-state index in [1.807, 2.05) is 12.1 Å². The smallest absolute Gasteiger partial charge is 0.173 e. The molecule has 2 rings (SSSR count). The van der Waals surface area contributed by atoms with E-state index >= 15 is 0 Å². The van der Waals surface area contributed by atoms with Crippen molar-refractivity contribution in [3.63, 3.8) is 0 Å². The van der Waals surface area contributed by atoms with Gasteiger partial charge in [0.15, 0.2) is 5.11 Å². The summed E-state index contributed by atoms with van der Waals surface area (Å²) in [5.74, 6) is 0. The Morgan fingerprint density at radius 2 is 2.16 bits per heavy atom. The van der Waals surface area contributed by atoms with E-state index in [1.165, 1.54) is 10.5 Å². The van der Waals surface area contributed by atoms with Gasteiger partial charge in [-0.2, -0.15) is 0 Å². The first-order valence-corrected chi connectivity index (χ1v) is 7.17. The number of rotatable bonds is 3. The lowest BCUT2D eigenvalue weighted by Crippen LogP contribution is -3.15. The Bertz CT molecular complexity index is 430. The molecule has 0 aliphatic carbocycles. The fraction of sp³-hybridized carbons (Fsp3) is 0.500. The molecule has 0 spiro atoms. The van der Waals surface area contributed by atoms with Crippen LogP contribution in [0.1, 0.15) is 5.56 Å². The van der Waals surface area contributed by atoms with Gasteiger partial charge in [-0.1, -0.05) is 12.1 Å². The first-order chi connectivity index (χ1) is 9.19. The number of thiocarbonyl (C=S) groups is 1. The Morgan fingerprint density at radius 3 is 2.79 bits per heavy atom. The third-order valence-corrected chi connectivity index (χ3v) is 3.85. The normalized spacial score (nSPS) is 16.4. The number of benzene rings is 1. The standard InChI is InChI=1S/C14H21N3OS/c1-12-3-2-4-13(11-12)15-14(19)17-7-5-16(6-8-17)9-10-18/h2-4,11,18H,5-10H2,1H3,(H,15,19)/p+1. The van der Waals surface area contributed by atoms with Crippen LogP contribution in [-0.2, 0) is 0 Å². The maximum Gasteiger partial charge on any atom is 0.173 e. The van der Waals surface area contributed by atoms with Crippen molar-refractivity contribution in [3.05, 3.63) is 29.8 Å². The van der Waals surface area contributed by atoms with E-state index in [9.17, 15) is 0 Å². The first kappa shape index (κ1) is 14.2. The number of nitrogens with zero attached hydrogens (tertiary/aromatic N) is 1. The van der Waals surface area contributed by atoms with Crippen LogP contribution in [0.5, 0.6) is 0 Å². The largest absolute Gasteiger partial charge is 0.391 e. The summed E-state index contributed by atoms with van der Waals surface area (Å²) >= 11 is 5.46. The number of quaternary nitrogens is 1. The molecule has 104 valence electrons. The SMILES string of the molecule is Cc1cccc(NC(=S)N2CC[NH+](CCO)CC2)c1. The summed E-state index contributed by atoms with van der Waals surface area (Å²) in [5.41, 5.74) is 2.28. The van der Waals surface area contributed by atoms with E-state index in [4.69, 9.17) is 17.3 Å². The van der Waals surface area contributed by atoms with E-state index in [-0.39, 0.29) is 6.61 Å². The van der Waals surface area contributed by atoms with Gasteiger partial charge in [-0.25, -0.2) is 0 Å². The molecule has 0 amide bonds. The molecule has 4 nitrogen and oxygen atoms in total. The Labute approximate surface area is 120 Å². The molecule has 1 aliphatic heterocycles. The van der Waals surface area contributed by atoms with Gasteiger partial charge in [-0.05, 0) is 36.8 Å². The zero-order chi connectivity index (χ0) is 13.7. The predicted molar refractivity (Wildman–Crippen MR) is 81.6 cm³/mol. The summed E-state index contributed by atoms with van der Waals surface area (Å²) in [5, 5.41) is 13.0. The van der Waals surface area contributed by atoms with Crippen LogP contribution < -0.4 is 10.2 Å². The lowest BCUT2D eigenvalue weighted by Gasteiger charge is -2.33. The van der Waals surface area contributed by atoms with Crippen LogP contribution in [0, 0.1) is 6.92 Å². The Morgan fingerprint density at radius 1 is 1.42 bits per heavy atom. The van der Waals surface area contributed by atoms with Gasteiger partial charge < -0.3 is 20.2 Å². The minimum absolute atomic E-state index is 0.265. The number of anilines is 1. The molecule has 0 saturated carbocycles. The maximum atomic E-state index is 8.94. The predicted octanol–water partition coefficient (Wildman–Crippen LogP) is -0.115. The second-order valence-electron chi connectivity index (χ2n) is 5.01. The molecule has 1 heterocycles.